The predicted octanol–water partition coefficient (Wildman–Crippen LogP) is 2.06. The number of pyridine rings is 1. The van der Waals surface area contributed by atoms with Gasteiger partial charge in [-0.15, -0.1) is 0 Å². The van der Waals surface area contributed by atoms with Gasteiger partial charge in [-0.05, 0) is 25.0 Å². The van der Waals surface area contributed by atoms with Crippen molar-refractivity contribution in [2.45, 2.75) is 32.7 Å². The van der Waals surface area contributed by atoms with Gasteiger partial charge in [-0.2, -0.15) is 4.57 Å². The third-order valence-corrected chi connectivity index (χ3v) is 2.72. The minimum Gasteiger partial charge on any atom is -0.503 e. The Hall–Kier alpha value is -1.84. The van der Waals surface area contributed by atoms with E-state index >= 15 is 0 Å². The van der Waals surface area contributed by atoms with E-state index in [1.165, 1.54) is 19.3 Å². The summed E-state index contributed by atoms with van der Waals surface area (Å²) in [4.78, 5) is 4.16. The van der Waals surface area contributed by atoms with E-state index in [1.54, 1.807) is 18.3 Å². The van der Waals surface area contributed by atoms with Crippen molar-refractivity contribution in [3.63, 3.8) is 0 Å². The summed E-state index contributed by atoms with van der Waals surface area (Å²) in [6, 6.07) is 3.36. The molecule has 17 heavy (non-hydrogen) atoms. The van der Waals surface area contributed by atoms with Crippen molar-refractivity contribution >= 4 is 0 Å². The molecule has 0 atom stereocenters. The fourth-order valence-electron chi connectivity index (χ4n) is 1.78. The van der Waals surface area contributed by atoms with Crippen molar-refractivity contribution in [1.82, 2.24) is 9.55 Å². The van der Waals surface area contributed by atoms with E-state index in [9.17, 15) is 5.11 Å². The van der Waals surface area contributed by atoms with E-state index in [2.05, 4.69) is 16.5 Å². The van der Waals surface area contributed by atoms with Gasteiger partial charge in [-0.25, -0.2) is 9.55 Å². The van der Waals surface area contributed by atoms with Crippen molar-refractivity contribution in [3.8, 4) is 11.6 Å². The highest BCUT2D eigenvalue weighted by Crippen LogP contribution is 2.16. The largest absolute Gasteiger partial charge is 0.503 e. The molecule has 0 aliphatic carbocycles. The fraction of sp³-hybridized carbons (Fsp3) is 0.385. The molecule has 0 aliphatic rings. The Labute approximate surface area is 101 Å². The molecule has 4 heteroatoms. The Morgan fingerprint density at radius 1 is 1.41 bits per heavy atom. The SMILES string of the molecule is CCCCC[n+]1ccn(-c2ncccc2O)c1. The smallest absolute Gasteiger partial charge is 0.268 e. The summed E-state index contributed by atoms with van der Waals surface area (Å²) in [6.07, 6.45) is 11.2. The van der Waals surface area contributed by atoms with E-state index in [4.69, 9.17) is 0 Å². The number of aromatic nitrogens is 3. The Morgan fingerprint density at radius 3 is 3.06 bits per heavy atom. The Kier molecular flexibility index (Phi) is 3.75. The monoisotopic (exact) mass is 232 g/mol. The van der Waals surface area contributed by atoms with Gasteiger partial charge < -0.3 is 5.11 Å². The number of aryl methyl sites for hydroxylation is 1. The molecule has 0 saturated heterocycles. The van der Waals surface area contributed by atoms with Gasteiger partial charge in [0.2, 0.25) is 6.33 Å². The van der Waals surface area contributed by atoms with Gasteiger partial charge in [-0.3, -0.25) is 0 Å². The summed E-state index contributed by atoms with van der Waals surface area (Å²) >= 11 is 0. The fourth-order valence-corrected chi connectivity index (χ4v) is 1.78. The van der Waals surface area contributed by atoms with Crippen LogP contribution in [0.3, 0.4) is 0 Å². The Morgan fingerprint density at radius 2 is 2.29 bits per heavy atom. The molecule has 0 amide bonds. The van der Waals surface area contributed by atoms with Crippen LogP contribution >= 0.6 is 0 Å². The third kappa shape index (κ3) is 2.84. The molecule has 2 rings (SSSR count). The molecule has 2 aromatic rings. The van der Waals surface area contributed by atoms with Crippen molar-refractivity contribution in [2.24, 2.45) is 0 Å². The molecule has 1 N–H and O–H groups in total. The molecule has 0 bridgehead atoms. The van der Waals surface area contributed by atoms with Crippen LogP contribution in [-0.4, -0.2) is 14.7 Å². The first kappa shape index (κ1) is 11.6. The maximum absolute atomic E-state index is 9.69. The van der Waals surface area contributed by atoms with Gasteiger partial charge >= 0.3 is 0 Å². The predicted molar refractivity (Wildman–Crippen MR) is 64.9 cm³/mol. The highest BCUT2D eigenvalue weighted by molar-refractivity contribution is 5.37. The molecule has 0 radical (unpaired) electrons. The second kappa shape index (κ2) is 5.48. The average Bonchev–Trinajstić information content (AvgIpc) is 2.79. The minimum atomic E-state index is 0.198. The number of hydrogen-bond donors (Lipinski definition) is 1. The van der Waals surface area contributed by atoms with Crippen molar-refractivity contribution in [2.75, 3.05) is 0 Å². The number of imidazole rings is 1. The Balaban J connectivity index is 2.10. The highest BCUT2D eigenvalue weighted by atomic mass is 16.3. The van der Waals surface area contributed by atoms with Crippen molar-refractivity contribution in [3.05, 3.63) is 37.1 Å². The van der Waals surface area contributed by atoms with Gasteiger partial charge in [0.05, 0.1) is 6.54 Å². The van der Waals surface area contributed by atoms with E-state index in [0.29, 0.717) is 5.82 Å². The summed E-state index contributed by atoms with van der Waals surface area (Å²) in [5, 5.41) is 9.69. The van der Waals surface area contributed by atoms with Crippen molar-refractivity contribution in [1.29, 1.82) is 0 Å². The molecule has 90 valence electrons. The molecule has 0 unspecified atom stereocenters. The van der Waals surface area contributed by atoms with Gasteiger partial charge in [-0.1, -0.05) is 13.3 Å². The third-order valence-electron chi connectivity index (χ3n) is 2.72. The van der Waals surface area contributed by atoms with E-state index < -0.39 is 0 Å². The standard InChI is InChI=1S/C13H17N3O/c1-2-3-4-8-15-9-10-16(11-15)13-12(17)6-5-7-14-13/h5-7,9-11H,2-4,8H2,1H3/p+1. The topological polar surface area (TPSA) is 41.9 Å². The number of unbranched alkanes of at least 4 members (excludes halogenated alkanes) is 2. The van der Waals surface area contributed by atoms with Crippen LogP contribution in [0.1, 0.15) is 26.2 Å². The lowest BCUT2D eigenvalue weighted by Crippen LogP contribution is -2.30. The Bertz CT molecular complexity index is 479. The first-order valence-electron chi connectivity index (χ1n) is 6.02. The van der Waals surface area contributed by atoms with Crippen LogP contribution in [0.15, 0.2) is 37.1 Å². The van der Waals surface area contributed by atoms with Gasteiger partial charge in [0.1, 0.15) is 12.4 Å². The van der Waals surface area contributed by atoms with Crippen LogP contribution in [0.5, 0.6) is 5.75 Å². The maximum Gasteiger partial charge on any atom is 0.268 e. The summed E-state index contributed by atoms with van der Waals surface area (Å²) in [6.45, 7) is 3.20. The first-order chi connectivity index (χ1) is 8.31. The highest BCUT2D eigenvalue weighted by Gasteiger charge is 2.11. The van der Waals surface area contributed by atoms with Crippen LogP contribution in [0.25, 0.3) is 5.82 Å². The van der Waals surface area contributed by atoms with Crippen LogP contribution in [-0.2, 0) is 6.54 Å². The molecule has 0 saturated carbocycles. The lowest BCUT2D eigenvalue weighted by atomic mass is 10.2. The van der Waals surface area contributed by atoms with Gasteiger partial charge in [0.25, 0.3) is 5.82 Å². The summed E-state index contributed by atoms with van der Waals surface area (Å²) in [5.74, 6) is 0.769. The van der Waals surface area contributed by atoms with Gasteiger partial charge in [0, 0.05) is 6.20 Å². The second-order valence-corrected chi connectivity index (χ2v) is 4.11. The molecule has 0 fully saturated rings. The molecule has 2 heterocycles. The molecule has 2 aromatic heterocycles. The first-order valence-corrected chi connectivity index (χ1v) is 6.02. The van der Waals surface area contributed by atoms with Gasteiger partial charge in [0.15, 0.2) is 5.75 Å². The van der Waals surface area contributed by atoms with Crippen LogP contribution in [0.4, 0.5) is 0 Å². The normalized spacial score (nSPS) is 10.6. The van der Waals surface area contributed by atoms with Crippen molar-refractivity contribution < 1.29 is 9.67 Å². The number of rotatable bonds is 5. The molecular weight excluding hydrogens is 214 g/mol. The average molecular weight is 232 g/mol. The quantitative estimate of drug-likeness (QED) is 0.633. The molecular formula is C13H18N3O+. The molecule has 4 nitrogen and oxygen atoms in total. The summed E-state index contributed by atoms with van der Waals surface area (Å²) in [5.41, 5.74) is 0. The van der Waals surface area contributed by atoms with Crippen LogP contribution < -0.4 is 4.57 Å². The zero-order valence-corrected chi connectivity index (χ0v) is 10.1. The second-order valence-electron chi connectivity index (χ2n) is 4.11. The molecule has 0 spiro atoms. The molecule has 0 aliphatic heterocycles. The maximum atomic E-state index is 9.69. The zero-order valence-electron chi connectivity index (χ0n) is 10.1. The van der Waals surface area contributed by atoms with E-state index in [-0.39, 0.29) is 5.75 Å². The number of nitrogens with zero attached hydrogens (tertiary/aromatic N) is 3. The van der Waals surface area contributed by atoms with E-state index in [1.807, 2.05) is 23.3 Å². The minimum absolute atomic E-state index is 0.198. The lowest BCUT2D eigenvalue weighted by Gasteiger charge is -1.97. The zero-order chi connectivity index (χ0) is 12.1. The number of aromatic hydroxyl groups is 1. The summed E-state index contributed by atoms with van der Waals surface area (Å²) in [7, 11) is 0. The van der Waals surface area contributed by atoms with E-state index in [0.717, 1.165) is 6.54 Å². The summed E-state index contributed by atoms with van der Waals surface area (Å²) < 4.78 is 3.95. The molecule has 0 aromatic carbocycles. The van der Waals surface area contributed by atoms with Crippen LogP contribution in [0.2, 0.25) is 0 Å². The lowest BCUT2D eigenvalue weighted by molar-refractivity contribution is -0.696. The number of hydrogen-bond acceptors (Lipinski definition) is 2. The van der Waals surface area contributed by atoms with Crippen LogP contribution in [0, 0.1) is 0 Å².